The number of hydrogen-bond donors (Lipinski definition) is 0. The topological polar surface area (TPSA) is 69.1 Å². The van der Waals surface area contributed by atoms with E-state index in [0.29, 0.717) is 29.7 Å². The smallest absolute Gasteiger partial charge is 0.283 e. The molecule has 3 aromatic rings. The molecule has 1 aliphatic carbocycles. The first kappa shape index (κ1) is 15.8. The Balaban J connectivity index is 1.44. The Kier molecular flexibility index (Phi) is 4.46. The van der Waals surface area contributed by atoms with E-state index in [4.69, 9.17) is 8.83 Å². The second-order valence-electron chi connectivity index (χ2n) is 6.56. The number of Topliss-reactive ketones (excluding diaryl/α,β-unsaturated/α-hetero) is 1. The molecule has 0 amide bonds. The average molecular weight is 336 g/mol. The van der Waals surface area contributed by atoms with Crippen LogP contribution in [0.5, 0.6) is 0 Å². The number of hydrogen-bond acceptors (Lipinski definition) is 5. The minimum absolute atomic E-state index is 0.250. The monoisotopic (exact) mass is 336 g/mol. The SMILES string of the molecule is O=C(Cc1ccc(-c2nnc(-c3ccco3)o2)cc1)C1CCCCC1. The van der Waals surface area contributed by atoms with Crippen molar-refractivity contribution < 1.29 is 13.6 Å². The van der Waals surface area contributed by atoms with Crippen LogP contribution in [0, 0.1) is 5.92 Å². The molecule has 1 fully saturated rings. The molecule has 0 unspecified atom stereocenters. The lowest BCUT2D eigenvalue weighted by atomic mass is 9.84. The molecule has 5 heteroatoms. The third kappa shape index (κ3) is 3.55. The second-order valence-corrected chi connectivity index (χ2v) is 6.56. The zero-order chi connectivity index (χ0) is 17.1. The van der Waals surface area contributed by atoms with Crippen LogP contribution in [0.4, 0.5) is 0 Å². The first-order chi connectivity index (χ1) is 12.3. The van der Waals surface area contributed by atoms with Crippen LogP contribution in [0.25, 0.3) is 23.1 Å². The predicted octanol–water partition coefficient (Wildman–Crippen LogP) is 4.69. The van der Waals surface area contributed by atoms with Crippen LogP contribution in [0.3, 0.4) is 0 Å². The summed E-state index contributed by atoms with van der Waals surface area (Å²) in [5.74, 6) is 1.96. The Bertz CT molecular complexity index is 828. The van der Waals surface area contributed by atoms with E-state index < -0.39 is 0 Å². The lowest BCUT2D eigenvalue weighted by Gasteiger charge is -2.20. The molecule has 2 aromatic heterocycles. The Labute approximate surface area is 146 Å². The normalized spacial score (nSPS) is 15.4. The van der Waals surface area contributed by atoms with Gasteiger partial charge in [-0.25, -0.2) is 0 Å². The summed E-state index contributed by atoms with van der Waals surface area (Å²) in [6.07, 6.45) is 7.81. The lowest BCUT2D eigenvalue weighted by molar-refractivity contribution is -0.123. The summed E-state index contributed by atoms with van der Waals surface area (Å²) in [5.41, 5.74) is 1.87. The van der Waals surface area contributed by atoms with Crippen molar-refractivity contribution in [3.63, 3.8) is 0 Å². The highest BCUT2D eigenvalue weighted by Crippen LogP contribution is 2.27. The van der Waals surface area contributed by atoms with E-state index in [1.54, 1.807) is 18.4 Å². The highest BCUT2D eigenvalue weighted by molar-refractivity contribution is 5.83. The van der Waals surface area contributed by atoms with Crippen LogP contribution >= 0.6 is 0 Å². The van der Waals surface area contributed by atoms with Crippen molar-refractivity contribution in [2.75, 3.05) is 0 Å². The molecule has 1 aliphatic rings. The Morgan fingerprint density at radius 2 is 1.76 bits per heavy atom. The molecule has 0 saturated heterocycles. The standard InChI is InChI=1S/C20H20N2O3/c23-17(15-5-2-1-3-6-15)13-14-8-10-16(11-9-14)19-21-22-20(25-19)18-7-4-12-24-18/h4,7-12,15H,1-3,5-6,13H2. The van der Waals surface area contributed by atoms with Gasteiger partial charge in [-0.05, 0) is 42.7 Å². The summed E-state index contributed by atoms with van der Waals surface area (Å²) in [6.45, 7) is 0. The number of rotatable bonds is 5. The van der Waals surface area contributed by atoms with Crippen molar-refractivity contribution in [1.29, 1.82) is 0 Å². The van der Waals surface area contributed by atoms with Crippen LogP contribution < -0.4 is 0 Å². The maximum absolute atomic E-state index is 12.4. The van der Waals surface area contributed by atoms with Crippen molar-refractivity contribution in [2.45, 2.75) is 38.5 Å². The minimum Gasteiger partial charge on any atom is -0.459 e. The molecule has 0 radical (unpaired) electrons. The van der Waals surface area contributed by atoms with Gasteiger partial charge in [0.2, 0.25) is 5.89 Å². The molecule has 5 nitrogen and oxygen atoms in total. The number of aromatic nitrogens is 2. The summed E-state index contributed by atoms with van der Waals surface area (Å²) in [4.78, 5) is 12.4. The van der Waals surface area contributed by atoms with Crippen molar-refractivity contribution in [3.8, 4) is 23.1 Å². The van der Waals surface area contributed by atoms with Gasteiger partial charge in [0.15, 0.2) is 5.76 Å². The third-order valence-corrected chi connectivity index (χ3v) is 4.80. The van der Waals surface area contributed by atoms with Gasteiger partial charge in [-0.15, -0.1) is 10.2 Å². The molecule has 0 spiro atoms. The number of ketones is 1. The number of nitrogens with zero attached hydrogens (tertiary/aromatic N) is 2. The lowest BCUT2D eigenvalue weighted by Crippen LogP contribution is -2.19. The zero-order valence-corrected chi connectivity index (χ0v) is 14.0. The highest BCUT2D eigenvalue weighted by Gasteiger charge is 2.21. The molecule has 1 saturated carbocycles. The minimum atomic E-state index is 0.250. The van der Waals surface area contributed by atoms with E-state index in [0.717, 1.165) is 24.0 Å². The van der Waals surface area contributed by atoms with Gasteiger partial charge in [0.1, 0.15) is 5.78 Å². The van der Waals surface area contributed by atoms with Crippen LogP contribution in [0.1, 0.15) is 37.7 Å². The molecule has 25 heavy (non-hydrogen) atoms. The van der Waals surface area contributed by atoms with Crippen molar-refractivity contribution >= 4 is 5.78 Å². The quantitative estimate of drug-likeness (QED) is 0.676. The Morgan fingerprint density at radius 1 is 1.00 bits per heavy atom. The summed E-state index contributed by atoms with van der Waals surface area (Å²) < 4.78 is 10.9. The molecular weight excluding hydrogens is 316 g/mol. The van der Waals surface area contributed by atoms with E-state index >= 15 is 0 Å². The summed E-state index contributed by atoms with van der Waals surface area (Å²) in [5, 5.41) is 8.07. The molecule has 1 aromatic carbocycles. The van der Waals surface area contributed by atoms with E-state index in [-0.39, 0.29) is 5.92 Å². The van der Waals surface area contributed by atoms with Crippen molar-refractivity contribution in [3.05, 3.63) is 48.2 Å². The van der Waals surface area contributed by atoms with Gasteiger partial charge in [0.05, 0.1) is 6.26 Å². The summed E-state index contributed by atoms with van der Waals surface area (Å²) in [7, 11) is 0. The largest absolute Gasteiger partial charge is 0.459 e. The van der Waals surface area contributed by atoms with Crippen molar-refractivity contribution in [2.24, 2.45) is 5.92 Å². The van der Waals surface area contributed by atoms with Gasteiger partial charge < -0.3 is 8.83 Å². The van der Waals surface area contributed by atoms with Gasteiger partial charge >= 0.3 is 0 Å². The third-order valence-electron chi connectivity index (χ3n) is 4.80. The number of furan rings is 1. The van der Waals surface area contributed by atoms with E-state index in [2.05, 4.69) is 10.2 Å². The molecular formula is C20H20N2O3. The Morgan fingerprint density at radius 3 is 2.48 bits per heavy atom. The molecule has 0 atom stereocenters. The van der Waals surface area contributed by atoms with Gasteiger partial charge in [-0.2, -0.15) is 0 Å². The first-order valence-electron chi connectivity index (χ1n) is 8.79. The molecule has 128 valence electrons. The molecule has 0 bridgehead atoms. The number of carbonyl (C=O) groups excluding carboxylic acids is 1. The fourth-order valence-electron chi connectivity index (χ4n) is 3.37. The van der Waals surface area contributed by atoms with Crippen LogP contribution in [0.2, 0.25) is 0 Å². The maximum atomic E-state index is 12.4. The molecule has 0 aliphatic heterocycles. The van der Waals surface area contributed by atoms with Gasteiger partial charge in [-0.1, -0.05) is 31.4 Å². The van der Waals surface area contributed by atoms with Gasteiger partial charge in [0.25, 0.3) is 5.89 Å². The van der Waals surface area contributed by atoms with Crippen LogP contribution in [0.15, 0.2) is 51.5 Å². The highest BCUT2D eigenvalue weighted by atomic mass is 16.4. The Hall–Kier alpha value is -2.69. The maximum Gasteiger partial charge on any atom is 0.283 e. The van der Waals surface area contributed by atoms with Crippen LogP contribution in [-0.2, 0) is 11.2 Å². The zero-order valence-electron chi connectivity index (χ0n) is 14.0. The predicted molar refractivity (Wildman–Crippen MR) is 92.7 cm³/mol. The fraction of sp³-hybridized carbons (Fsp3) is 0.350. The molecule has 0 N–H and O–H groups in total. The fourth-order valence-corrected chi connectivity index (χ4v) is 3.37. The number of benzene rings is 1. The summed E-state index contributed by atoms with van der Waals surface area (Å²) in [6, 6.07) is 11.3. The van der Waals surface area contributed by atoms with Crippen molar-refractivity contribution in [1.82, 2.24) is 10.2 Å². The van der Waals surface area contributed by atoms with E-state index in [1.807, 2.05) is 24.3 Å². The second kappa shape index (κ2) is 7.05. The van der Waals surface area contributed by atoms with Crippen LogP contribution in [-0.4, -0.2) is 16.0 Å². The molecule has 4 rings (SSSR count). The average Bonchev–Trinajstić information content (AvgIpc) is 3.35. The number of carbonyl (C=O) groups is 1. The summed E-state index contributed by atoms with van der Waals surface area (Å²) >= 11 is 0. The van der Waals surface area contributed by atoms with E-state index in [9.17, 15) is 4.79 Å². The van der Waals surface area contributed by atoms with E-state index in [1.165, 1.54) is 19.3 Å². The van der Waals surface area contributed by atoms with Gasteiger partial charge in [-0.3, -0.25) is 4.79 Å². The first-order valence-corrected chi connectivity index (χ1v) is 8.79. The molecule has 2 heterocycles. The van der Waals surface area contributed by atoms with Gasteiger partial charge in [0, 0.05) is 17.9 Å².